The van der Waals surface area contributed by atoms with E-state index in [9.17, 15) is 4.79 Å². The molecule has 0 heterocycles. The molecule has 0 aromatic heterocycles. The minimum Gasteiger partial charge on any atom is -0.267 e. The molecule has 1 N–H and O–H groups in total. The smallest absolute Gasteiger partial charge is 0.267 e. The van der Waals surface area contributed by atoms with Gasteiger partial charge in [0.1, 0.15) is 0 Å². The molecule has 0 saturated carbocycles. The van der Waals surface area contributed by atoms with Crippen molar-refractivity contribution in [1.82, 2.24) is 5.43 Å². The van der Waals surface area contributed by atoms with Gasteiger partial charge < -0.3 is 0 Å². The maximum absolute atomic E-state index is 12.2. The fourth-order valence-electron chi connectivity index (χ4n) is 2.47. The van der Waals surface area contributed by atoms with Crippen LogP contribution in [0.2, 0.25) is 0 Å². The molecule has 0 unspecified atom stereocenters. The van der Waals surface area contributed by atoms with E-state index in [4.69, 9.17) is 0 Å². The zero-order valence-electron chi connectivity index (χ0n) is 14.6. The van der Waals surface area contributed by atoms with Crippen molar-refractivity contribution < 1.29 is 4.79 Å². The molecule has 3 aromatic rings. The summed E-state index contributed by atoms with van der Waals surface area (Å²) in [5.41, 5.74) is 7.18. The Morgan fingerprint density at radius 3 is 2.04 bits per heavy atom. The molecule has 0 radical (unpaired) electrons. The van der Waals surface area contributed by atoms with Crippen LogP contribution >= 0.6 is 0 Å². The average molecular weight is 340 g/mol. The van der Waals surface area contributed by atoms with Gasteiger partial charge in [-0.2, -0.15) is 5.10 Å². The third kappa shape index (κ3) is 4.77. The lowest BCUT2D eigenvalue weighted by molar-refractivity contribution is 0.0955. The Morgan fingerprint density at radius 1 is 0.808 bits per heavy atom. The second-order valence-corrected chi connectivity index (χ2v) is 5.88. The first-order valence-corrected chi connectivity index (χ1v) is 8.45. The van der Waals surface area contributed by atoms with E-state index >= 15 is 0 Å². The van der Waals surface area contributed by atoms with Gasteiger partial charge in [0.2, 0.25) is 0 Å². The van der Waals surface area contributed by atoms with E-state index in [1.54, 1.807) is 0 Å². The zero-order valence-corrected chi connectivity index (χ0v) is 14.6. The number of nitrogens with one attached hydrogen (secondary N) is 1. The van der Waals surface area contributed by atoms with E-state index < -0.39 is 0 Å². The topological polar surface area (TPSA) is 41.5 Å². The monoisotopic (exact) mass is 340 g/mol. The van der Waals surface area contributed by atoms with Crippen molar-refractivity contribution in [2.75, 3.05) is 0 Å². The summed E-state index contributed by atoms with van der Waals surface area (Å²) in [5.74, 6) is -0.225. The van der Waals surface area contributed by atoms with E-state index in [0.717, 1.165) is 22.4 Å². The van der Waals surface area contributed by atoms with Crippen LogP contribution in [-0.4, -0.2) is 11.6 Å². The number of nitrogens with zero attached hydrogens (tertiary/aromatic N) is 1. The third-order valence-electron chi connectivity index (χ3n) is 3.90. The number of rotatable bonds is 5. The average Bonchev–Trinajstić information content (AvgIpc) is 2.72. The van der Waals surface area contributed by atoms with Crippen LogP contribution in [0.15, 0.2) is 96.1 Å². The third-order valence-corrected chi connectivity index (χ3v) is 3.90. The van der Waals surface area contributed by atoms with Gasteiger partial charge in [-0.1, -0.05) is 78.9 Å². The molecule has 3 aromatic carbocycles. The van der Waals surface area contributed by atoms with E-state index in [0.29, 0.717) is 5.56 Å². The van der Waals surface area contributed by atoms with Crippen LogP contribution in [0, 0.1) is 0 Å². The Bertz CT molecular complexity index is 911. The number of hydrogen-bond donors (Lipinski definition) is 1. The van der Waals surface area contributed by atoms with Gasteiger partial charge in [-0.15, -0.1) is 0 Å². The molecule has 0 saturated heterocycles. The van der Waals surface area contributed by atoms with Crippen LogP contribution in [0.3, 0.4) is 0 Å². The molecule has 0 aliphatic carbocycles. The van der Waals surface area contributed by atoms with Gasteiger partial charge in [-0.25, -0.2) is 5.43 Å². The van der Waals surface area contributed by atoms with Gasteiger partial charge in [0, 0.05) is 5.56 Å². The molecular weight excluding hydrogens is 320 g/mol. The van der Waals surface area contributed by atoms with E-state index in [1.807, 2.05) is 104 Å². The van der Waals surface area contributed by atoms with E-state index in [-0.39, 0.29) is 5.91 Å². The number of carbonyl (C=O) groups is 1. The molecule has 3 heteroatoms. The summed E-state index contributed by atoms with van der Waals surface area (Å²) in [4.78, 5) is 12.2. The fourth-order valence-corrected chi connectivity index (χ4v) is 2.47. The molecule has 0 spiro atoms. The van der Waals surface area contributed by atoms with Crippen LogP contribution in [0.1, 0.15) is 22.8 Å². The molecular formula is C23H20N2O. The summed E-state index contributed by atoms with van der Waals surface area (Å²) in [6, 6.07) is 27.5. The molecule has 0 bridgehead atoms. The second-order valence-electron chi connectivity index (χ2n) is 5.88. The highest BCUT2D eigenvalue weighted by Crippen LogP contribution is 2.19. The Labute approximate surface area is 153 Å². The minimum absolute atomic E-state index is 0.225. The molecule has 3 nitrogen and oxygen atoms in total. The molecule has 26 heavy (non-hydrogen) atoms. The van der Waals surface area contributed by atoms with E-state index in [1.165, 1.54) is 0 Å². The Kier molecular flexibility index (Phi) is 5.73. The Hall–Kier alpha value is -3.46. The molecule has 0 atom stereocenters. The lowest BCUT2D eigenvalue weighted by Crippen LogP contribution is -2.18. The van der Waals surface area contributed by atoms with Gasteiger partial charge in [0.05, 0.1) is 5.71 Å². The number of carbonyl (C=O) groups excluding carboxylic acids is 1. The first-order chi connectivity index (χ1) is 12.7. The number of amides is 1. The van der Waals surface area contributed by atoms with Gasteiger partial charge in [-0.05, 0) is 41.8 Å². The van der Waals surface area contributed by atoms with Crippen molar-refractivity contribution in [3.05, 3.63) is 102 Å². The molecule has 0 aliphatic rings. The predicted octanol–water partition coefficient (Wildman–Crippen LogP) is 5.17. The van der Waals surface area contributed by atoms with Crippen LogP contribution in [0.25, 0.3) is 17.2 Å². The lowest BCUT2D eigenvalue weighted by Gasteiger charge is -2.04. The number of benzene rings is 3. The summed E-state index contributed by atoms with van der Waals surface area (Å²) < 4.78 is 0. The molecule has 3 rings (SSSR count). The molecule has 0 aliphatic heterocycles. The normalized spacial score (nSPS) is 11.5. The largest absolute Gasteiger partial charge is 0.271 e. The first kappa shape index (κ1) is 17.4. The van der Waals surface area contributed by atoms with E-state index in [2.05, 4.69) is 10.5 Å². The summed E-state index contributed by atoms with van der Waals surface area (Å²) in [5, 5.41) is 4.13. The van der Waals surface area contributed by atoms with Crippen LogP contribution < -0.4 is 5.43 Å². The summed E-state index contributed by atoms with van der Waals surface area (Å²) in [7, 11) is 0. The lowest BCUT2D eigenvalue weighted by atomic mass is 10.0. The van der Waals surface area contributed by atoms with Gasteiger partial charge in [0.25, 0.3) is 5.91 Å². The van der Waals surface area contributed by atoms with Crippen molar-refractivity contribution in [1.29, 1.82) is 0 Å². The number of allylic oxidation sites excluding steroid dienone is 1. The van der Waals surface area contributed by atoms with Crippen molar-refractivity contribution in [3.8, 4) is 11.1 Å². The quantitative estimate of drug-likeness (QED) is 0.505. The predicted molar refractivity (Wildman–Crippen MR) is 108 cm³/mol. The van der Waals surface area contributed by atoms with Crippen molar-refractivity contribution in [2.45, 2.75) is 6.92 Å². The maximum atomic E-state index is 12.2. The van der Waals surface area contributed by atoms with Crippen LogP contribution in [0.4, 0.5) is 0 Å². The minimum atomic E-state index is -0.225. The Morgan fingerprint density at radius 2 is 1.38 bits per heavy atom. The van der Waals surface area contributed by atoms with Crippen LogP contribution in [0.5, 0.6) is 0 Å². The van der Waals surface area contributed by atoms with Gasteiger partial charge >= 0.3 is 0 Å². The van der Waals surface area contributed by atoms with Crippen molar-refractivity contribution in [3.63, 3.8) is 0 Å². The fraction of sp³-hybridized carbons (Fsp3) is 0.0435. The second kappa shape index (κ2) is 8.58. The highest BCUT2D eigenvalue weighted by Gasteiger charge is 2.05. The highest BCUT2D eigenvalue weighted by molar-refractivity contribution is 5.99. The Balaban J connectivity index is 1.62. The van der Waals surface area contributed by atoms with Crippen molar-refractivity contribution in [2.24, 2.45) is 5.10 Å². The SMILES string of the molecule is CC(/C=C/c1ccccc1)=N\NC(=O)c1ccc(-c2ccccc2)cc1. The number of hydrogen-bond acceptors (Lipinski definition) is 2. The highest BCUT2D eigenvalue weighted by atomic mass is 16.2. The van der Waals surface area contributed by atoms with Crippen molar-refractivity contribution >= 4 is 17.7 Å². The molecule has 0 fully saturated rings. The molecule has 128 valence electrons. The van der Waals surface area contributed by atoms with Gasteiger partial charge in [-0.3, -0.25) is 4.79 Å². The van der Waals surface area contributed by atoms with Crippen LogP contribution in [-0.2, 0) is 0 Å². The first-order valence-electron chi connectivity index (χ1n) is 8.45. The van der Waals surface area contributed by atoms with Gasteiger partial charge in [0.15, 0.2) is 0 Å². The summed E-state index contributed by atoms with van der Waals surface area (Å²) in [6.45, 7) is 1.85. The maximum Gasteiger partial charge on any atom is 0.271 e. The summed E-state index contributed by atoms with van der Waals surface area (Å²) in [6.07, 6.45) is 3.83. The summed E-state index contributed by atoms with van der Waals surface area (Å²) >= 11 is 0. The zero-order chi connectivity index (χ0) is 18.2. The number of hydrazone groups is 1. The standard InChI is InChI=1S/C23H20N2O/c1-18(12-13-19-8-4-2-5-9-19)24-25-23(26)22-16-14-21(15-17-22)20-10-6-3-7-11-20/h2-17H,1H3,(H,25,26)/b13-12+,24-18+. The molecule has 1 amide bonds.